The molecule has 0 radical (unpaired) electrons. The molecule has 0 saturated carbocycles. The maximum atomic E-state index is 12.2. The number of nitrogens with one attached hydrogen (secondary N) is 4. The average molecular weight is 398 g/mol. The molecule has 0 bridgehead atoms. The smallest absolute Gasteiger partial charge is 0.300 e. The summed E-state index contributed by atoms with van der Waals surface area (Å²) in [6.07, 6.45) is 3.05. The van der Waals surface area contributed by atoms with Crippen LogP contribution in [0.25, 0.3) is 11.8 Å². The zero-order valence-corrected chi connectivity index (χ0v) is 15.3. The normalized spacial score (nSPS) is 13.0. The van der Waals surface area contributed by atoms with Crippen LogP contribution in [0.5, 0.6) is 0 Å². The molecule has 1 aromatic heterocycles. The van der Waals surface area contributed by atoms with Gasteiger partial charge in [0.2, 0.25) is 11.3 Å². The summed E-state index contributed by atoms with van der Waals surface area (Å²) < 4.78 is 5.34. The van der Waals surface area contributed by atoms with Crippen LogP contribution in [-0.4, -0.2) is 11.6 Å². The number of benzene rings is 1. The Morgan fingerprint density at radius 3 is 2.82 bits per heavy atom. The van der Waals surface area contributed by atoms with Gasteiger partial charge in [-0.15, -0.1) is 0 Å². The van der Waals surface area contributed by atoms with Gasteiger partial charge in [-0.05, 0) is 43.2 Å². The number of nitrogen functional groups attached to an aromatic ring is 1. The zero-order chi connectivity index (χ0) is 20.1. The molecule has 3 rings (SSSR count). The summed E-state index contributed by atoms with van der Waals surface area (Å²) in [5, 5.41) is 21.7. The van der Waals surface area contributed by atoms with Gasteiger partial charge in [0.25, 0.3) is 0 Å². The van der Waals surface area contributed by atoms with Crippen LogP contribution < -0.4 is 38.2 Å². The fourth-order valence-corrected chi connectivity index (χ4v) is 2.71. The van der Waals surface area contributed by atoms with Crippen molar-refractivity contribution in [3.05, 3.63) is 51.5 Å². The molecule has 1 aliphatic carbocycles. The number of hydrazone groups is 1. The predicted octanol–water partition coefficient (Wildman–Crippen LogP) is 0.290. The maximum absolute atomic E-state index is 12.2. The van der Waals surface area contributed by atoms with E-state index in [-0.39, 0.29) is 11.3 Å². The number of rotatable bonds is 5. The summed E-state index contributed by atoms with van der Waals surface area (Å²) >= 11 is 5.80. The fourth-order valence-electron chi connectivity index (χ4n) is 2.58. The van der Waals surface area contributed by atoms with Crippen LogP contribution >= 0.6 is 11.6 Å². The lowest BCUT2D eigenvalue weighted by atomic mass is 10.1. The van der Waals surface area contributed by atoms with Crippen molar-refractivity contribution in [2.75, 3.05) is 11.2 Å². The Balaban J connectivity index is 1.76. The Bertz CT molecular complexity index is 1160. The van der Waals surface area contributed by atoms with Gasteiger partial charge < -0.3 is 15.6 Å². The molecule has 0 unspecified atom stereocenters. The lowest BCUT2D eigenvalue weighted by molar-refractivity contribution is -0.115. The molecule has 0 fully saturated rings. The second-order valence-corrected chi connectivity index (χ2v) is 6.23. The molecule has 1 amide bonds. The van der Waals surface area contributed by atoms with E-state index in [0.29, 0.717) is 45.6 Å². The van der Waals surface area contributed by atoms with E-state index in [0.717, 1.165) is 0 Å². The maximum Gasteiger partial charge on any atom is 0.300 e. The molecule has 1 aliphatic rings. The molecule has 9 nitrogen and oxygen atoms in total. The quantitative estimate of drug-likeness (QED) is 0.361. The summed E-state index contributed by atoms with van der Waals surface area (Å²) in [5.74, 6) is -0.722. The number of amides is 1. The highest BCUT2D eigenvalue weighted by atomic mass is 35.5. The minimum Gasteiger partial charge on any atom is -0.439 e. The van der Waals surface area contributed by atoms with Crippen LogP contribution in [0.3, 0.4) is 0 Å². The Labute approximate surface area is 164 Å². The number of halogens is 1. The molecule has 2 aromatic rings. The molecule has 28 heavy (non-hydrogen) atoms. The number of anilines is 2. The number of carbonyl (C=O) groups excluding carboxylic acids is 1. The summed E-state index contributed by atoms with van der Waals surface area (Å²) in [5.41, 5.74) is 15.4. The molecule has 142 valence electrons. The summed E-state index contributed by atoms with van der Waals surface area (Å²) in [7, 11) is 0. The Kier molecular flexibility index (Phi) is 5.62. The first kappa shape index (κ1) is 19.0. The minimum atomic E-state index is -0.722. The first-order chi connectivity index (χ1) is 13.5. The van der Waals surface area contributed by atoms with Gasteiger partial charge in [-0.2, -0.15) is 10.4 Å². The van der Waals surface area contributed by atoms with Crippen molar-refractivity contribution in [3.8, 4) is 6.07 Å². The van der Waals surface area contributed by atoms with Gasteiger partial charge in [0.15, 0.2) is 0 Å². The second-order valence-electron chi connectivity index (χ2n) is 5.80. The van der Waals surface area contributed by atoms with Crippen molar-refractivity contribution >= 4 is 46.4 Å². The van der Waals surface area contributed by atoms with Crippen LogP contribution in [-0.2, 0) is 4.79 Å². The Morgan fingerprint density at radius 1 is 1.36 bits per heavy atom. The van der Waals surface area contributed by atoms with E-state index in [1.54, 1.807) is 30.3 Å². The van der Waals surface area contributed by atoms with Crippen LogP contribution in [0.4, 0.5) is 11.4 Å². The SMILES string of the molecule is N#CC(=NNc1ccc(Cl)cc1)C(=O)NNC1=c2c(N)cc(=N)oc2=CCC1. The van der Waals surface area contributed by atoms with E-state index >= 15 is 0 Å². The van der Waals surface area contributed by atoms with Crippen LogP contribution in [0, 0.1) is 16.7 Å². The van der Waals surface area contributed by atoms with Crippen molar-refractivity contribution in [1.29, 1.82) is 10.7 Å². The largest absolute Gasteiger partial charge is 0.439 e. The van der Waals surface area contributed by atoms with E-state index in [2.05, 4.69) is 21.4 Å². The molecular weight excluding hydrogens is 382 g/mol. The van der Waals surface area contributed by atoms with Gasteiger partial charge >= 0.3 is 5.91 Å². The highest BCUT2D eigenvalue weighted by Crippen LogP contribution is 2.13. The summed E-state index contributed by atoms with van der Waals surface area (Å²) in [4.78, 5) is 12.2. The lowest BCUT2D eigenvalue weighted by Gasteiger charge is -2.14. The van der Waals surface area contributed by atoms with E-state index in [9.17, 15) is 10.1 Å². The van der Waals surface area contributed by atoms with Gasteiger partial charge in [0, 0.05) is 22.5 Å². The van der Waals surface area contributed by atoms with Crippen molar-refractivity contribution < 1.29 is 9.21 Å². The molecule has 0 saturated heterocycles. The van der Waals surface area contributed by atoms with Crippen molar-refractivity contribution in [2.24, 2.45) is 5.10 Å². The topological polar surface area (TPSA) is 152 Å². The molecule has 1 aromatic carbocycles. The molecule has 6 N–H and O–H groups in total. The first-order valence-corrected chi connectivity index (χ1v) is 8.59. The van der Waals surface area contributed by atoms with E-state index in [1.807, 2.05) is 6.08 Å². The average Bonchev–Trinajstić information content (AvgIpc) is 2.67. The van der Waals surface area contributed by atoms with Gasteiger partial charge in [-0.25, -0.2) is 0 Å². The molecule has 0 aliphatic heterocycles. The van der Waals surface area contributed by atoms with E-state index < -0.39 is 5.91 Å². The molecule has 10 heteroatoms. The third kappa shape index (κ3) is 4.31. The number of carbonyl (C=O) groups is 1. The Hall–Kier alpha value is -3.77. The van der Waals surface area contributed by atoms with Crippen LogP contribution in [0.1, 0.15) is 12.8 Å². The third-order valence-corrected chi connectivity index (χ3v) is 4.11. The zero-order valence-electron chi connectivity index (χ0n) is 14.5. The standard InChI is InChI=1S/C18H16ClN7O2/c19-10-4-6-11(7-5-10)23-25-14(9-20)18(27)26-24-13-2-1-3-15-17(13)12(21)8-16(22)28-15/h3-8,22-24H,1-2,21H2,(H,26,27). The monoisotopic (exact) mass is 397 g/mol. The van der Waals surface area contributed by atoms with Crippen molar-refractivity contribution in [3.63, 3.8) is 0 Å². The van der Waals surface area contributed by atoms with E-state index in [1.165, 1.54) is 6.07 Å². The van der Waals surface area contributed by atoms with Gasteiger partial charge in [-0.3, -0.25) is 21.1 Å². The van der Waals surface area contributed by atoms with Gasteiger partial charge in [0.05, 0.1) is 10.9 Å². The van der Waals surface area contributed by atoms with Crippen molar-refractivity contribution in [2.45, 2.75) is 12.8 Å². The number of nitrogens with zero attached hydrogens (tertiary/aromatic N) is 2. The predicted molar refractivity (Wildman–Crippen MR) is 105 cm³/mol. The third-order valence-electron chi connectivity index (χ3n) is 3.86. The first-order valence-electron chi connectivity index (χ1n) is 8.21. The van der Waals surface area contributed by atoms with Gasteiger partial charge in [0.1, 0.15) is 11.5 Å². The minimum absolute atomic E-state index is 0.0510. The number of hydrazine groups is 1. The summed E-state index contributed by atoms with van der Waals surface area (Å²) in [6, 6.07) is 9.75. The van der Waals surface area contributed by atoms with Crippen LogP contribution in [0.2, 0.25) is 5.02 Å². The highest BCUT2D eigenvalue weighted by Gasteiger charge is 2.14. The number of nitrogens with two attached hydrogens (primary N) is 1. The lowest BCUT2D eigenvalue weighted by Crippen LogP contribution is -2.46. The number of hydrogen-bond donors (Lipinski definition) is 5. The summed E-state index contributed by atoms with van der Waals surface area (Å²) in [6.45, 7) is 0. The van der Waals surface area contributed by atoms with E-state index in [4.69, 9.17) is 27.2 Å². The second kappa shape index (κ2) is 8.28. The number of nitriles is 1. The Morgan fingerprint density at radius 2 is 2.11 bits per heavy atom. The fraction of sp³-hybridized carbons (Fsp3) is 0.111. The molecule has 1 heterocycles. The number of fused-ring (bicyclic) bond motifs is 1. The van der Waals surface area contributed by atoms with Gasteiger partial charge in [-0.1, -0.05) is 11.6 Å². The molecule has 0 spiro atoms. The molecular formula is C18H16ClN7O2. The number of hydrogen-bond acceptors (Lipinski definition) is 8. The molecule has 0 atom stereocenters. The van der Waals surface area contributed by atoms with Crippen LogP contribution in [0.15, 0.2) is 39.9 Å². The highest BCUT2D eigenvalue weighted by molar-refractivity contribution is 6.45. The van der Waals surface area contributed by atoms with Crippen molar-refractivity contribution in [1.82, 2.24) is 10.9 Å².